The smallest absolute Gasteiger partial charge is 0.258 e. The molecule has 0 saturated carbocycles. The van der Waals surface area contributed by atoms with E-state index < -0.39 is 15.8 Å². The molecule has 1 amide bonds. The summed E-state index contributed by atoms with van der Waals surface area (Å²) in [7, 11) is -0.473. The zero-order chi connectivity index (χ0) is 26.9. The van der Waals surface area contributed by atoms with Crippen LogP contribution in [0.1, 0.15) is 27.3 Å². The lowest BCUT2D eigenvalue weighted by atomic mass is 10.1. The van der Waals surface area contributed by atoms with Gasteiger partial charge in [0, 0.05) is 55.1 Å². The fourth-order valence-electron chi connectivity index (χ4n) is 4.67. The van der Waals surface area contributed by atoms with Crippen molar-refractivity contribution in [3.63, 3.8) is 0 Å². The Bertz CT molecular complexity index is 1570. The lowest BCUT2D eigenvalue weighted by Crippen LogP contribution is -2.37. The number of hydrogen-bond donors (Lipinski definition) is 0. The monoisotopic (exact) mass is 534 g/mol. The van der Waals surface area contributed by atoms with E-state index in [0.29, 0.717) is 35.7 Å². The van der Waals surface area contributed by atoms with Crippen LogP contribution in [0.5, 0.6) is 5.75 Å². The van der Waals surface area contributed by atoms with Crippen molar-refractivity contribution in [2.24, 2.45) is 7.05 Å². The summed E-state index contributed by atoms with van der Waals surface area (Å²) in [6, 6.07) is 20.9. The molecule has 0 unspecified atom stereocenters. The summed E-state index contributed by atoms with van der Waals surface area (Å²) in [5, 5.41) is 4.69. The van der Waals surface area contributed by atoms with Gasteiger partial charge >= 0.3 is 0 Å². The third kappa shape index (κ3) is 4.92. The van der Waals surface area contributed by atoms with Gasteiger partial charge < -0.3 is 9.64 Å². The molecule has 1 aromatic heterocycles. The molecule has 4 aromatic rings. The molecule has 0 radical (unpaired) electrons. The first-order valence-electron chi connectivity index (χ1n) is 12.1. The first-order valence-corrected chi connectivity index (χ1v) is 13.5. The fourth-order valence-corrected chi connectivity index (χ4v) is 6.12. The minimum Gasteiger partial charge on any atom is -0.497 e. The predicted octanol–water partition coefficient (Wildman–Crippen LogP) is 4.16. The van der Waals surface area contributed by atoms with E-state index in [4.69, 9.17) is 4.74 Å². The van der Waals surface area contributed by atoms with Gasteiger partial charge in [-0.15, -0.1) is 0 Å². The van der Waals surface area contributed by atoms with Crippen LogP contribution in [0.4, 0.5) is 10.1 Å². The van der Waals surface area contributed by atoms with Crippen molar-refractivity contribution in [2.45, 2.75) is 24.4 Å². The number of aryl methyl sites for hydroxylation is 1. The Kier molecular flexibility index (Phi) is 7.00. The number of rotatable bonds is 7. The summed E-state index contributed by atoms with van der Waals surface area (Å²) in [5.41, 5.74) is 3.30. The van der Waals surface area contributed by atoms with Gasteiger partial charge in [-0.1, -0.05) is 24.3 Å². The second-order valence-electron chi connectivity index (χ2n) is 9.00. The van der Waals surface area contributed by atoms with Gasteiger partial charge in [-0.2, -0.15) is 9.40 Å². The number of nitrogens with zero attached hydrogens (tertiary/aromatic N) is 4. The van der Waals surface area contributed by atoms with Crippen LogP contribution in [0.25, 0.3) is 0 Å². The molecule has 0 bridgehead atoms. The molecule has 1 aliphatic rings. The number of amides is 1. The molecule has 1 aliphatic heterocycles. The van der Waals surface area contributed by atoms with E-state index in [2.05, 4.69) is 5.10 Å². The molecule has 0 spiro atoms. The number of ether oxygens (including phenoxy) is 1. The van der Waals surface area contributed by atoms with Crippen molar-refractivity contribution in [1.29, 1.82) is 0 Å². The predicted molar refractivity (Wildman–Crippen MR) is 141 cm³/mol. The standard InChI is InChI=1S/C28H27FN4O4S/c1-31-27-15-16-32(38(35,36)24-10-6-9-23(17-24)37-2)18-25(27)26(30-31)19-33(22-7-4-3-5-8-22)28(34)20-11-13-21(29)14-12-20/h3-14,17H,15-16,18-19H2,1-2H3. The maximum absolute atomic E-state index is 13.6. The second-order valence-corrected chi connectivity index (χ2v) is 10.9. The summed E-state index contributed by atoms with van der Waals surface area (Å²) in [6.07, 6.45) is 0.485. The molecule has 196 valence electrons. The second kappa shape index (κ2) is 10.4. The minimum atomic E-state index is -3.79. The van der Waals surface area contributed by atoms with Crippen LogP contribution in [-0.2, 0) is 36.6 Å². The van der Waals surface area contributed by atoms with E-state index in [1.807, 2.05) is 37.4 Å². The molecule has 0 aliphatic carbocycles. The number of carbonyl (C=O) groups is 1. The first-order chi connectivity index (χ1) is 18.3. The molecule has 3 aromatic carbocycles. The number of hydrogen-bond acceptors (Lipinski definition) is 5. The molecule has 5 rings (SSSR count). The molecule has 2 heterocycles. The fraction of sp³-hybridized carbons (Fsp3) is 0.214. The summed E-state index contributed by atoms with van der Waals surface area (Å²) in [4.78, 5) is 15.3. The van der Waals surface area contributed by atoms with Gasteiger partial charge in [0.2, 0.25) is 10.0 Å². The van der Waals surface area contributed by atoms with Crippen molar-refractivity contribution < 1.29 is 22.3 Å². The lowest BCUT2D eigenvalue weighted by molar-refractivity contribution is 0.0984. The average Bonchev–Trinajstić information content (AvgIpc) is 3.26. The van der Waals surface area contributed by atoms with Gasteiger partial charge in [0.1, 0.15) is 11.6 Å². The SMILES string of the molecule is COc1cccc(S(=O)(=O)N2CCc3c(c(CN(C(=O)c4ccc(F)cc4)c4ccccc4)nn3C)C2)c1. The van der Waals surface area contributed by atoms with Crippen LogP contribution in [0.3, 0.4) is 0 Å². The number of fused-ring (bicyclic) bond motifs is 1. The molecule has 38 heavy (non-hydrogen) atoms. The van der Waals surface area contributed by atoms with Crippen molar-refractivity contribution in [3.05, 3.63) is 107 Å². The van der Waals surface area contributed by atoms with E-state index in [9.17, 15) is 17.6 Å². The van der Waals surface area contributed by atoms with Gasteiger partial charge in [0.25, 0.3) is 5.91 Å². The molecule has 10 heteroatoms. The highest BCUT2D eigenvalue weighted by Crippen LogP contribution is 2.30. The summed E-state index contributed by atoms with van der Waals surface area (Å²) < 4.78 is 48.9. The Balaban J connectivity index is 1.49. The van der Waals surface area contributed by atoms with E-state index in [1.165, 1.54) is 41.7 Å². The van der Waals surface area contributed by atoms with Crippen molar-refractivity contribution in [1.82, 2.24) is 14.1 Å². The van der Waals surface area contributed by atoms with Crippen LogP contribution in [0.2, 0.25) is 0 Å². The van der Waals surface area contributed by atoms with E-state index >= 15 is 0 Å². The maximum Gasteiger partial charge on any atom is 0.258 e. The molecule has 8 nitrogen and oxygen atoms in total. The number of halogens is 1. The molecule has 0 saturated heterocycles. The molecule has 0 N–H and O–H groups in total. The maximum atomic E-state index is 13.6. The van der Waals surface area contributed by atoms with Crippen LogP contribution >= 0.6 is 0 Å². The third-order valence-corrected chi connectivity index (χ3v) is 8.52. The van der Waals surface area contributed by atoms with Gasteiger partial charge in [-0.05, 0) is 48.5 Å². The van der Waals surface area contributed by atoms with E-state index in [-0.39, 0.29) is 23.9 Å². The van der Waals surface area contributed by atoms with Crippen LogP contribution in [0.15, 0.2) is 83.8 Å². The molecular formula is C28H27FN4O4S. The summed E-state index contributed by atoms with van der Waals surface area (Å²) in [5.74, 6) is -0.278. The number of sulfonamides is 1. The number of methoxy groups -OCH3 is 1. The Morgan fingerprint density at radius 1 is 1.05 bits per heavy atom. The topological polar surface area (TPSA) is 84.7 Å². The molecule has 0 fully saturated rings. The zero-order valence-corrected chi connectivity index (χ0v) is 21.9. The Labute approximate surface area is 220 Å². The summed E-state index contributed by atoms with van der Waals surface area (Å²) in [6.45, 7) is 0.560. The van der Waals surface area contributed by atoms with Crippen molar-refractivity contribution in [2.75, 3.05) is 18.6 Å². The van der Waals surface area contributed by atoms with Crippen molar-refractivity contribution >= 4 is 21.6 Å². The van der Waals surface area contributed by atoms with E-state index in [1.54, 1.807) is 27.8 Å². The normalized spacial score (nSPS) is 13.7. The highest BCUT2D eigenvalue weighted by molar-refractivity contribution is 7.89. The lowest BCUT2D eigenvalue weighted by Gasteiger charge is -2.28. The number of benzene rings is 3. The van der Waals surface area contributed by atoms with Gasteiger partial charge in [-0.25, -0.2) is 12.8 Å². The third-order valence-electron chi connectivity index (χ3n) is 6.68. The zero-order valence-electron chi connectivity index (χ0n) is 21.0. The van der Waals surface area contributed by atoms with Gasteiger partial charge in [0.15, 0.2) is 0 Å². The van der Waals surface area contributed by atoms with E-state index in [0.717, 1.165) is 11.3 Å². The quantitative estimate of drug-likeness (QED) is 0.356. The number of carbonyl (C=O) groups excluding carboxylic acids is 1. The van der Waals surface area contributed by atoms with Crippen LogP contribution in [-0.4, -0.2) is 42.1 Å². The highest BCUT2D eigenvalue weighted by Gasteiger charge is 2.33. The first kappa shape index (κ1) is 25.6. The largest absolute Gasteiger partial charge is 0.497 e. The van der Waals surface area contributed by atoms with Crippen LogP contribution < -0.4 is 9.64 Å². The molecular weight excluding hydrogens is 507 g/mol. The average molecular weight is 535 g/mol. The highest BCUT2D eigenvalue weighted by atomic mass is 32.2. The van der Waals surface area contributed by atoms with Gasteiger partial charge in [-0.3, -0.25) is 9.48 Å². The minimum absolute atomic E-state index is 0.121. The molecule has 0 atom stereocenters. The summed E-state index contributed by atoms with van der Waals surface area (Å²) >= 11 is 0. The van der Waals surface area contributed by atoms with Crippen LogP contribution in [0, 0.1) is 5.82 Å². The number of para-hydroxylation sites is 1. The number of aromatic nitrogens is 2. The Morgan fingerprint density at radius 3 is 2.50 bits per heavy atom. The Hall–Kier alpha value is -4.02. The van der Waals surface area contributed by atoms with Crippen molar-refractivity contribution in [3.8, 4) is 5.75 Å². The Morgan fingerprint density at radius 2 is 1.79 bits per heavy atom. The van der Waals surface area contributed by atoms with Gasteiger partial charge in [0.05, 0.1) is 24.2 Å². The number of anilines is 1.